The second kappa shape index (κ2) is 5.92. The summed E-state index contributed by atoms with van der Waals surface area (Å²) in [6.45, 7) is 2.93. The molecule has 0 bridgehead atoms. The van der Waals surface area contributed by atoms with Crippen LogP contribution in [0.1, 0.15) is 44.7 Å². The molecule has 2 N–H and O–H groups in total. The summed E-state index contributed by atoms with van der Waals surface area (Å²) in [5, 5.41) is 18.6. The first kappa shape index (κ1) is 14.3. The van der Waals surface area contributed by atoms with E-state index in [2.05, 4.69) is 17.3 Å². The van der Waals surface area contributed by atoms with Crippen molar-refractivity contribution in [3.05, 3.63) is 11.9 Å². The Hall–Kier alpha value is -1.07. The first-order chi connectivity index (χ1) is 9.14. The highest BCUT2D eigenvalue weighted by molar-refractivity contribution is 5.31. The smallest absolute Gasteiger partial charge is 0.162 e. The fourth-order valence-electron chi connectivity index (χ4n) is 2.99. The van der Waals surface area contributed by atoms with Gasteiger partial charge in [0.25, 0.3) is 0 Å². The monoisotopic (exact) mass is 267 g/mol. The number of ether oxygens (including phenoxy) is 1. The lowest BCUT2D eigenvalue weighted by molar-refractivity contribution is -0.0173. The van der Waals surface area contributed by atoms with Crippen molar-refractivity contribution in [1.29, 1.82) is 0 Å². The van der Waals surface area contributed by atoms with E-state index in [0.29, 0.717) is 11.8 Å². The molecule has 2 rings (SSSR count). The highest BCUT2D eigenvalue weighted by atomic mass is 16.5. The van der Waals surface area contributed by atoms with Crippen molar-refractivity contribution in [2.45, 2.75) is 57.2 Å². The number of nitrogens with one attached hydrogen (secondary N) is 1. The number of rotatable bonds is 5. The third-order valence-electron chi connectivity index (χ3n) is 4.12. The first-order valence-electron chi connectivity index (χ1n) is 7.14. The number of aromatic nitrogens is 2. The van der Waals surface area contributed by atoms with Gasteiger partial charge in [-0.15, -0.1) is 0 Å². The van der Waals surface area contributed by atoms with Crippen LogP contribution in [-0.4, -0.2) is 35.1 Å². The molecule has 19 heavy (non-hydrogen) atoms. The van der Waals surface area contributed by atoms with E-state index in [9.17, 15) is 5.11 Å². The molecular formula is C14H25N3O2. The molecule has 108 valence electrons. The molecule has 1 aromatic heterocycles. The molecule has 0 aromatic carbocycles. The highest BCUT2D eigenvalue weighted by Gasteiger charge is 2.39. The molecule has 0 unspecified atom stereocenters. The predicted molar refractivity (Wildman–Crippen MR) is 74.3 cm³/mol. The van der Waals surface area contributed by atoms with Crippen molar-refractivity contribution in [3.8, 4) is 5.75 Å². The van der Waals surface area contributed by atoms with Crippen LogP contribution in [0.4, 0.5) is 0 Å². The SMILES string of the molecule is CCCn1ncc(OC)c1C1(O)CCC(NC)CC1. The van der Waals surface area contributed by atoms with Gasteiger partial charge in [-0.2, -0.15) is 5.10 Å². The van der Waals surface area contributed by atoms with Gasteiger partial charge in [0, 0.05) is 12.6 Å². The Kier molecular flexibility index (Phi) is 4.47. The molecule has 0 atom stereocenters. The normalized spacial score (nSPS) is 27.5. The zero-order valence-electron chi connectivity index (χ0n) is 12.1. The summed E-state index contributed by atoms with van der Waals surface area (Å²) in [5.41, 5.74) is 0.0519. The van der Waals surface area contributed by atoms with Crippen LogP contribution in [0.2, 0.25) is 0 Å². The minimum absolute atomic E-state index is 0.508. The van der Waals surface area contributed by atoms with Crippen LogP contribution in [-0.2, 0) is 12.1 Å². The molecule has 1 aromatic rings. The predicted octanol–water partition coefficient (Wildman–Crippen LogP) is 1.65. The van der Waals surface area contributed by atoms with E-state index in [1.807, 2.05) is 11.7 Å². The van der Waals surface area contributed by atoms with E-state index >= 15 is 0 Å². The van der Waals surface area contributed by atoms with Crippen molar-refractivity contribution in [3.63, 3.8) is 0 Å². The van der Waals surface area contributed by atoms with Crippen LogP contribution in [0.5, 0.6) is 5.75 Å². The zero-order valence-corrected chi connectivity index (χ0v) is 12.1. The van der Waals surface area contributed by atoms with Gasteiger partial charge in [0.05, 0.1) is 13.3 Å². The summed E-state index contributed by atoms with van der Waals surface area (Å²) < 4.78 is 7.29. The summed E-state index contributed by atoms with van der Waals surface area (Å²) in [5.74, 6) is 0.707. The number of aliphatic hydroxyl groups is 1. The molecular weight excluding hydrogens is 242 g/mol. The molecule has 5 nitrogen and oxygen atoms in total. The summed E-state index contributed by atoms with van der Waals surface area (Å²) in [4.78, 5) is 0. The summed E-state index contributed by atoms with van der Waals surface area (Å²) in [7, 11) is 3.62. The second-order valence-corrected chi connectivity index (χ2v) is 5.38. The minimum Gasteiger partial charge on any atom is -0.493 e. The second-order valence-electron chi connectivity index (χ2n) is 5.38. The number of hydrogen-bond donors (Lipinski definition) is 2. The van der Waals surface area contributed by atoms with Gasteiger partial charge in [0.2, 0.25) is 0 Å². The summed E-state index contributed by atoms with van der Waals surface area (Å²) in [6.07, 6.45) is 6.18. The Morgan fingerprint density at radius 1 is 1.53 bits per heavy atom. The number of hydrogen-bond acceptors (Lipinski definition) is 4. The largest absolute Gasteiger partial charge is 0.493 e. The molecule has 0 saturated heterocycles. The standard InChI is InChI=1S/C14H25N3O2/c1-4-9-17-13(12(19-3)10-16-17)14(18)7-5-11(15-2)6-8-14/h10-11,15,18H,4-9H2,1-3H3. The number of methoxy groups -OCH3 is 1. The first-order valence-corrected chi connectivity index (χ1v) is 7.14. The summed E-state index contributed by atoms with van der Waals surface area (Å²) >= 11 is 0. The van der Waals surface area contributed by atoms with Gasteiger partial charge in [-0.3, -0.25) is 4.68 Å². The van der Waals surface area contributed by atoms with E-state index in [0.717, 1.165) is 44.3 Å². The lowest BCUT2D eigenvalue weighted by Crippen LogP contribution is -2.39. The van der Waals surface area contributed by atoms with Gasteiger partial charge in [0.15, 0.2) is 5.75 Å². The molecule has 5 heteroatoms. The van der Waals surface area contributed by atoms with Crippen molar-refractivity contribution < 1.29 is 9.84 Å². The Bertz CT molecular complexity index is 409. The maximum absolute atomic E-state index is 11.0. The Morgan fingerprint density at radius 3 is 2.74 bits per heavy atom. The van der Waals surface area contributed by atoms with Crippen LogP contribution in [0, 0.1) is 0 Å². The van der Waals surface area contributed by atoms with Crippen LogP contribution in [0.3, 0.4) is 0 Å². The van der Waals surface area contributed by atoms with Crippen molar-refractivity contribution in [2.24, 2.45) is 0 Å². The quantitative estimate of drug-likeness (QED) is 0.851. The topological polar surface area (TPSA) is 59.3 Å². The fraction of sp³-hybridized carbons (Fsp3) is 0.786. The molecule has 1 fully saturated rings. The van der Waals surface area contributed by atoms with Gasteiger partial charge in [-0.25, -0.2) is 0 Å². The molecule has 0 aliphatic heterocycles. The Morgan fingerprint density at radius 2 is 2.21 bits per heavy atom. The van der Waals surface area contributed by atoms with Gasteiger partial charge >= 0.3 is 0 Å². The molecule has 1 heterocycles. The molecule has 0 radical (unpaired) electrons. The molecule has 0 spiro atoms. The molecule has 1 saturated carbocycles. The van der Waals surface area contributed by atoms with E-state index < -0.39 is 5.60 Å². The average Bonchev–Trinajstić information content (AvgIpc) is 2.84. The number of aryl methyl sites for hydroxylation is 1. The lowest BCUT2D eigenvalue weighted by atomic mass is 9.79. The van der Waals surface area contributed by atoms with Crippen LogP contribution in [0.25, 0.3) is 0 Å². The van der Waals surface area contributed by atoms with Gasteiger partial charge in [-0.05, 0) is 39.2 Å². The van der Waals surface area contributed by atoms with Crippen molar-refractivity contribution >= 4 is 0 Å². The van der Waals surface area contributed by atoms with Crippen LogP contribution in [0.15, 0.2) is 6.20 Å². The number of nitrogens with zero attached hydrogens (tertiary/aromatic N) is 2. The Labute approximate surface area is 115 Å². The van der Waals surface area contributed by atoms with Crippen LogP contribution >= 0.6 is 0 Å². The van der Waals surface area contributed by atoms with Gasteiger partial charge in [0.1, 0.15) is 11.3 Å². The zero-order chi connectivity index (χ0) is 13.9. The van der Waals surface area contributed by atoms with Gasteiger partial charge in [-0.1, -0.05) is 6.92 Å². The molecule has 1 aliphatic rings. The Balaban J connectivity index is 2.26. The molecule has 1 aliphatic carbocycles. The maximum atomic E-state index is 11.0. The van der Waals surface area contributed by atoms with E-state index in [4.69, 9.17) is 4.74 Å². The van der Waals surface area contributed by atoms with E-state index in [1.165, 1.54) is 0 Å². The average molecular weight is 267 g/mol. The maximum Gasteiger partial charge on any atom is 0.162 e. The minimum atomic E-state index is -0.801. The summed E-state index contributed by atoms with van der Waals surface area (Å²) in [6, 6.07) is 0.508. The van der Waals surface area contributed by atoms with E-state index in [1.54, 1.807) is 13.3 Å². The fourth-order valence-corrected chi connectivity index (χ4v) is 2.99. The van der Waals surface area contributed by atoms with Crippen LogP contribution < -0.4 is 10.1 Å². The van der Waals surface area contributed by atoms with Crippen molar-refractivity contribution in [2.75, 3.05) is 14.2 Å². The lowest BCUT2D eigenvalue weighted by Gasteiger charge is -2.36. The van der Waals surface area contributed by atoms with Gasteiger partial charge < -0.3 is 15.2 Å². The van der Waals surface area contributed by atoms with E-state index in [-0.39, 0.29) is 0 Å². The third-order valence-corrected chi connectivity index (χ3v) is 4.12. The highest BCUT2D eigenvalue weighted by Crippen LogP contribution is 2.41. The molecule has 0 amide bonds. The third kappa shape index (κ3) is 2.77. The van der Waals surface area contributed by atoms with Crippen molar-refractivity contribution in [1.82, 2.24) is 15.1 Å².